The molecule has 0 aromatic carbocycles. The number of Topliss-reactive ketones (excluding diaryl/α,β-unsaturated/α-hetero) is 1. The van der Waals surface area contributed by atoms with E-state index in [1.54, 1.807) is 30.4 Å². The average Bonchev–Trinajstić information content (AvgIpc) is 3.41. The van der Waals surface area contributed by atoms with E-state index in [2.05, 4.69) is 11.9 Å². The van der Waals surface area contributed by atoms with Gasteiger partial charge in [0, 0.05) is 42.6 Å². The van der Waals surface area contributed by atoms with Crippen molar-refractivity contribution in [3.63, 3.8) is 0 Å². The maximum Gasteiger partial charge on any atom is 0.431 e. The maximum absolute atomic E-state index is 14.3. The van der Waals surface area contributed by atoms with E-state index in [9.17, 15) is 19.5 Å². The van der Waals surface area contributed by atoms with Crippen LogP contribution in [-0.2, 0) is 39.7 Å². The fraction of sp³-hybridized carbons (Fsp3) is 0.769. The van der Waals surface area contributed by atoms with Crippen LogP contribution in [0.4, 0.5) is 4.79 Å². The minimum absolute atomic E-state index is 0.220. The van der Waals surface area contributed by atoms with Crippen LogP contribution in [-0.4, -0.2) is 130 Å². The van der Waals surface area contributed by atoms with Crippen LogP contribution in [0.2, 0.25) is 0 Å². The second kappa shape index (κ2) is 16.3. The Hall–Kier alpha value is -3.17. The molecule has 4 aliphatic heterocycles. The standard InChI is InChI=1S/C39H61N5O9/c1-12-29-39(8)33-24(4)30(41-43(44(33)37(48)53-39)19-15-17-27-16-13-14-18-40-27)22(2)21-38(7,49-11)34(25(5)31(45)26(6)35(47)51-29)52-36-32(46)28(42(9)10)20-23(3)50-36/h13-14,16,18,22-26,28-29,32-34,36,46H,12,15,17,19-21H2,1-11H3/t22-,23+,24+,25+,26-,28-,29-,32+,33-,34-,36-,38?,39-/m1/s1. The molecule has 296 valence electrons. The molecule has 1 aromatic heterocycles. The van der Waals surface area contributed by atoms with Crippen LogP contribution in [0.25, 0.3) is 0 Å². The first-order valence-corrected chi connectivity index (χ1v) is 19.2. The molecule has 2 bridgehead atoms. The van der Waals surface area contributed by atoms with Crippen molar-refractivity contribution < 1.29 is 43.2 Å². The molecule has 5 heterocycles. The second-order valence-electron chi connectivity index (χ2n) is 16.2. The molecule has 14 heteroatoms. The summed E-state index contributed by atoms with van der Waals surface area (Å²) in [4.78, 5) is 48.4. The molecule has 0 radical (unpaired) electrons. The van der Waals surface area contributed by atoms with Crippen molar-refractivity contribution in [1.29, 1.82) is 0 Å². The molecular formula is C39H61N5O9. The van der Waals surface area contributed by atoms with Gasteiger partial charge in [0.2, 0.25) is 0 Å². The van der Waals surface area contributed by atoms with Crippen LogP contribution < -0.4 is 0 Å². The van der Waals surface area contributed by atoms with Crippen LogP contribution in [0.5, 0.6) is 0 Å². The van der Waals surface area contributed by atoms with Gasteiger partial charge in [-0.25, -0.2) is 4.79 Å². The number of aliphatic hydroxyl groups is 1. The smallest absolute Gasteiger partial charge is 0.431 e. The lowest BCUT2D eigenvalue weighted by atomic mass is 9.73. The number of hydrogen-bond donors (Lipinski definition) is 1. The van der Waals surface area contributed by atoms with Gasteiger partial charge in [-0.1, -0.05) is 33.8 Å². The zero-order chi connectivity index (χ0) is 39.0. The minimum atomic E-state index is -1.25. The van der Waals surface area contributed by atoms with Gasteiger partial charge in [-0.15, -0.1) is 0 Å². The molecule has 53 heavy (non-hydrogen) atoms. The Morgan fingerprint density at radius 1 is 1.08 bits per heavy atom. The Morgan fingerprint density at radius 2 is 1.79 bits per heavy atom. The van der Waals surface area contributed by atoms with Crippen molar-refractivity contribution >= 4 is 23.6 Å². The number of methoxy groups -OCH3 is 1. The Balaban J connectivity index is 1.58. The van der Waals surface area contributed by atoms with Gasteiger partial charge in [-0.3, -0.25) is 14.6 Å². The molecule has 5 rings (SSSR count). The normalized spacial score (nSPS) is 39.8. The molecule has 0 saturated carbocycles. The lowest BCUT2D eigenvalue weighted by Gasteiger charge is -2.49. The van der Waals surface area contributed by atoms with E-state index in [0.717, 1.165) is 11.4 Å². The van der Waals surface area contributed by atoms with Crippen molar-refractivity contribution in [2.24, 2.45) is 28.8 Å². The number of rotatable bonds is 9. The Morgan fingerprint density at radius 3 is 2.42 bits per heavy atom. The molecule has 1 amide bonds. The molecule has 0 aliphatic carbocycles. The first-order chi connectivity index (χ1) is 25.0. The van der Waals surface area contributed by atoms with E-state index in [-0.39, 0.29) is 24.0 Å². The first kappa shape index (κ1) is 41.0. The number of cyclic esters (lactones) is 1. The van der Waals surface area contributed by atoms with Gasteiger partial charge in [0.15, 0.2) is 17.7 Å². The summed E-state index contributed by atoms with van der Waals surface area (Å²) in [5.41, 5.74) is -0.619. The zero-order valence-corrected chi connectivity index (χ0v) is 33.4. The first-order valence-electron chi connectivity index (χ1n) is 19.2. The Bertz CT molecular complexity index is 1500. The molecule has 1 unspecified atom stereocenters. The molecular weight excluding hydrogens is 682 g/mol. The van der Waals surface area contributed by atoms with E-state index in [0.29, 0.717) is 38.6 Å². The topological polar surface area (TPSA) is 153 Å². The van der Waals surface area contributed by atoms with Crippen molar-refractivity contribution in [2.45, 2.75) is 141 Å². The van der Waals surface area contributed by atoms with E-state index in [4.69, 9.17) is 28.8 Å². The molecule has 1 N–H and O–H groups in total. The average molecular weight is 744 g/mol. The monoisotopic (exact) mass is 743 g/mol. The highest BCUT2D eigenvalue weighted by Gasteiger charge is 2.63. The number of ether oxygens (including phenoxy) is 5. The van der Waals surface area contributed by atoms with Gasteiger partial charge < -0.3 is 33.7 Å². The van der Waals surface area contributed by atoms with Crippen LogP contribution in [0.1, 0.15) is 86.8 Å². The largest absolute Gasteiger partial charge is 0.457 e. The van der Waals surface area contributed by atoms with E-state index in [1.807, 2.05) is 71.8 Å². The van der Waals surface area contributed by atoms with Gasteiger partial charge >= 0.3 is 12.1 Å². The van der Waals surface area contributed by atoms with Crippen LogP contribution in [0, 0.1) is 23.7 Å². The number of hydrazine groups is 1. The predicted octanol–water partition coefficient (Wildman–Crippen LogP) is 4.24. The van der Waals surface area contributed by atoms with Crippen LogP contribution in [0.3, 0.4) is 0 Å². The number of aromatic nitrogens is 1. The number of carbonyl (C=O) groups excluding carboxylic acids is 3. The highest BCUT2D eigenvalue weighted by molar-refractivity contribution is 6.00. The van der Waals surface area contributed by atoms with E-state index >= 15 is 0 Å². The molecule has 0 spiro atoms. The fourth-order valence-corrected chi connectivity index (χ4v) is 9.07. The van der Waals surface area contributed by atoms with Gasteiger partial charge in [0.1, 0.15) is 24.2 Å². The number of likely N-dealkylation sites (N-methyl/N-ethyl adjacent to an activating group) is 1. The summed E-state index contributed by atoms with van der Waals surface area (Å²) in [5, 5.41) is 19.9. The van der Waals surface area contributed by atoms with Crippen molar-refractivity contribution in [1.82, 2.24) is 20.0 Å². The SMILES string of the molecule is CC[C@H]1OC(=O)[C@H](C)C(=O)[C@H](C)[C@@H](O[C@H]2O[C@@H](C)C[C@@H](N(C)C)[C@@H]2O)C(C)(OC)C[C@@H](C)C2=NN(CCCc3ccccn3)N3C(=O)O[C@@]1(C)[C@H]3[C@H]2C. The van der Waals surface area contributed by atoms with Crippen molar-refractivity contribution in [2.75, 3.05) is 27.7 Å². The molecule has 3 fully saturated rings. The summed E-state index contributed by atoms with van der Waals surface area (Å²) < 4.78 is 31.6. The summed E-state index contributed by atoms with van der Waals surface area (Å²) in [6.07, 6.45) is -0.223. The quantitative estimate of drug-likeness (QED) is 0.285. The number of carbonyl (C=O) groups is 3. The number of hydrogen-bond acceptors (Lipinski definition) is 13. The van der Waals surface area contributed by atoms with Crippen LogP contribution >= 0.6 is 0 Å². The summed E-state index contributed by atoms with van der Waals surface area (Å²) in [5.74, 6) is -3.71. The van der Waals surface area contributed by atoms with Gasteiger partial charge in [-0.05, 0) is 91.9 Å². The lowest BCUT2D eigenvalue weighted by molar-refractivity contribution is -0.295. The molecule has 3 saturated heterocycles. The van der Waals surface area contributed by atoms with E-state index < -0.39 is 71.5 Å². The third-order valence-electron chi connectivity index (χ3n) is 12.1. The lowest BCUT2D eigenvalue weighted by Crippen LogP contribution is -2.63. The third-order valence-corrected chi connectivity index (χ3v) is 12.1. The molecule has 1 aromatic rings. The summed E-state index contributed by atoms with van der Waals surface area (Å²) in [6.45, 7) is 15.3. The number of nitrogens with zero attached hydrogens (tertiary/aromatic N) is 5. The van der Waals surface area contributed by atoms with Gasteiger partial charge in [-0.2, -0.15) is 15.2 Å². The number of aryl methyl sites for hydroxylation is 1. The van der Waals surface area contributed by atoms with Crippen LogP contribution in [0.15, 0.2) is 29.5 Å². The molecule has 14 nitrogen and oxygen atoms in total. The number of hydrazone groups is 1. The van der Waals surface area contributed by atoms with Gasteiger partial charge in [0.05, 0.1) is 24.4 Å². The number of amides is 1. The van der Waals surface area contributed by atoms with E-state index in [1.165, 1.54) is 6.92 Å². The maximum atomic E-state index is 14.3. The number of esters is 1. The number of ketones is 1. The highest BCUT2D eigenvalue weighted by Crippen LogP contribution is 2.45. The summed E-state index contributed by atoms with van der Waals surface area (Å²) >= 11 is 0. The number of fused-ring (bicyclic) bond motifs is 1. The third kappa shape index (κ3) is 7.98. The molecule has 13 atom stereocenters. The fourth-order valence-electron chi connectivity index (χ4n) is 9.07. The number of pyridine rings is 1. The zero-order valence-electron chi connectivity index (χ0n) is 33.4. The summed E-state index contributed by atoms with van der Waals surface area (Å²) in [7, 11) is 5.38. The van der Waals surface area contributed by atoms with Crippen molar-refractivity contribution in [3.8, 4) is 0 Å². The minimum Gasteiger partial charge on any atom is -0.457 e. The highest BCUT2D eigenvalue weighted by atomic mass is 16.7. The number of aliphatic hydroxyl groups excluding tert-OH is 1. The van der Waals surface area contributed by atoms with Gasteiger partial charge in [0.25, 0.3) is 0 Å². The van der Waals surface area contributed by atoms with Crippen molar-refractivity contribution in [3.05, 3.63) is 30.1 Å². The Kier molecular flexibility index (Phi) is 12.6. The Labute approximate surface area is 314 Å². The summed E-state index contributed by atoms with van der Waals surface area (Å²) in [6, 6.07) is 4.99. The predicted molar refractivity (Wildman–Crippen MR) is 196 cm³/mol. The molecule has 4 aliphatic rings. The second-order valence-corrected chi connectivity index (χ2v) is 16.2.